The molecule has 118 valence electrons. The van der Waals surface area contributed by atoms with Crippen molar-refractivity contribution < 1.29 is 30.7 Å². The van der Waals surface area contributed by atoms with Crippen molar-refractivity contribution in [2.75, 3.05) is 0 Å². The summed E-state index contributed by atoms with van der Waals surface area (Å²) in [6.45, 7) is 0. The average molecular weight is 470 g/mol. The second kappa shape index (κ2) is 6.32. The van der Waals surface area contributed by atoms with Gasteiger partial charge in [0.15, 0.2) is 34.9 Å². The van der Waals surface area contributed by atoms with Crippen molar-refractivity contribution in [2.45, 2.75) is 0 Å². The van der Waals surface area contributed by atoms with Crippen molar-refractivity contribution in [1.29, 1.82) is 0 Å². The van der Waals surface area contributed by atoms with Crippen molar-refractivity contribution in [3.63, 3.8) is 0 Å². The smallest absolute Gasteiger partial charge is 0.200 e. The third kappa shape index (κ3) is 2.83. The third-order valence-electron chi connectivity index (χ3n) is 2.52. The molecule has 22 heavy (non-hydrogen) atoms. The lowest BCUT2D eigenvalue weighted by Crippen LogP contribution is -2.06. The van der Waals surface area contributed by atoms with Crippen LogP contribution < -0.4 is 0 Å². The monoisotopic (exact) mass is 468 g/mol. The lowest BCUT2D eigenvalue weighted by Gasteiger charge is -2.07. The van der Waals surface area contributed by atoms with Crippen LogP contribution in [0.5, 0.6) is 0 Å². The Balaban J connectivity index is 2.76. The Labute approximate surface area is 139 Å². The van der Waals surface area contributed by atoms with Crippen LogP contribution in [0.1, 0.15) is 11.1 Å². The summed E-state index contributed by atoms with van der Waals surface area (Å²) in [5, 5.41) is 0. The van der Waals surface area contributed by atoms with Gasteiger partial charge in [-0.3, -0.25) is 0 Å². The summed E-state index contributed by atoms with van der Waals surface area (Å²) >= 11 is 6.79. The van der Waals surface area contributed by atoms with Gasteiger partial charge in [0.25, 0.3) is 0 Å². The van der Waals surface area contributed by atoms with Crippen molar-refractivity contribution in [1.82, 2.24) is 0 Å². The van der Waals surface area contributed by atoms with Crippen LogP contribution in [-0.4, -0.2) is 0 Å². The molecule has 2 rings (SSSR count). The Morgan fingerprint density at radius 2 is 1.23 bits per heavy atom. The van der Waals surface area contributed by atoms with Gasteiger partial charge in [-0.1, -0.05) is 0 Å². The molecule has 0 aliphatic heterocycles. The molecule has 1 aromatic heterocycles. The average Bonchev–Trinajstić information content (AvgIpc) is 2.81. The zero-order chi connectivity index (χ0) is 16.8. The van der Waals surface area contributed by atoms with E-state index in [4.69, 9.17) is 0 Å². The summed E-state index contributed by atoms with van der Waals surface area (Å²) in [4.78, 5) is 0. The van der Waals surface area contributed by atoms with Gasteiger partial charge in [-0.05, 0) is 37.9 Å². The Hall–Kier alpha value is -0.870. The first kappa shape index (κ1) is 17.5. The van der Waals surface area contributed by atoms with Gasteiger partial charge in [-0.25, -0.2) is 30.7 Å². The first-order chi connectivity index (χ1) is 10.2. The van der Waals surface area contributed by atoms with Crippen LogP contribution in [0, 0.1) is 29.1 Å². The van der Waals surface area contributed by atoms with Crippen LogP contribution in [0.3, 0.4) is 0 Å². The van der Waals surface area contributed by atoms with Crippen LogP contribution in [0.25, 0.3) is 11.7 Å². The molecule has 0 bridgehead atoms. The molecule has 0 amide bonds. The highest BCUT2D eigenvalue weighted by Gasteiger charge is 2.30. The number of rotatable bonds is 2. The van der Waals surface area contributed by atoms with E-state index in [1.165, 1.54) is 0 Å². The molecule has 0 fully saturated rings. The minimum Gasteiger partial charge on any atom is -0.203 e. The van der Waals surface area contributed by atoms with Crippen LogP contribution in [-0.2, 0) is 0 Å². The Morgan fingerprint density at radius 1 is 0.773 bits per heavy atom. The van der Waals surface area contributed by atoms with Crippen molar-refractivity contribution in [3.05, 3.63) is 53.9 Å². The predicted molar refractivity (Wildman–Crippen MR) is 75.0 cm³/mol. The van der Waals surface area contributed by atoms with Crippen molar-refractivity contribution in [3.8, 4) is 0 Å². The maximum atomic E-state index is 14.0. The van der Waals surface area contributed by atoms with E-state index in [0.717, 1.165) is 17.4 Å². The van der Waals surface area contributed by atoms with Crippen molar-refractivity contribution >= 4 is 54.9 Å². The molecular weight excluding hydrogens is 469 g/mol. The molecule has 10 heteroatoms. The first-order valence-corrected chi connectivity index (χ1v) is 7.59. The fourth-order valence-electron chi connectivity index (χ4n) is 1.52. The normalized spacial score (nSPS) is 12.6. The molecule has 1 aromatic carbocycles. The molecule has 0 atom stereocenters. The van der Waals surface area contributed by atoms with Gasteiger partial charge in [0.2, 0.25) is 5.82 Å². The van der Waals surface area contributed by atoms with E-state index in [9.17, 15) is 30.7 Å². The Morgan fingerprint density at radius 3 is 1.64 bits per heavy atom. The molecule has 0 spiro atoms. The number of hydrogen-bond acceptors (Lipinski definition) is 1. The lowest BCUT2D eigenvalue weighted by atomic mass is 10.1. The molecule has 0 aliphatic rings. The quantitative estimate of drug-likeness (QED) is 0.260. The summed E-state index contributed by atoms with van der Waals surface area (Å²) in [5.41, 5.74) is -2.39. The molecule has 0 radical (unpaired) electrons. The molecule has 0 saturated carbocycles. The van der Waals surface area contributed by atoms with Gasteiger partial charge in [0, 0.05) is 5.56 Å². The lowest BCUT2D eigenvalue weighted by molar-refractivity contribution is 0.374. The Kier molecular flexibility index (Phi) is 5.03. The highest BCUT2D eigenvalue weighted by Crippen LogP contribution is 2.41. The second-order valence-corrected chi connectivity index (χ2v) is 7.56. The molecule has 0 saturated heterocycles. The number of halogens is 9. The molecule has 0 aliphatic carbocycles. The van der Waals surface area contributed by atoms with Gasteiger partial charge in [-0.2, -0.15) is 0 Å². The second-order valence-electron chi connectivity index (χ2n) is 3.81. The summed E-state index contributed by atoms with van der Waals surface area (Å²) in [6.07, 6.45) is 0. The summed E-state index contributed by atoms with van der Waals surface area (Å²) in [5.74, 6) is -16.0. The van der Waals surface area contributed by atoms with Crippen LogP contribution in [0.4, 0.5) is 30.7 Å². The third-order valence-corrected chi connectivity index (χ3v) is 4.85. The van der Waals surface area contributed by atoms with Gasteiger partial charge in [0.1, 0.15) is 0 Å². The van der Waals surface area contributed by atoms with E-state index in [-0.39, 0.29) is 3.79 Å². The fraction of sp³-hybridized carbons (Fsp3) is 0. The maximum absolute atomic E-state index is 14.0. The highest BCUT2D eigenvalue weighted by atomic mass is 79.9. The van der Waals surface area contributed by atoms with E-state index in [1.54, 1.807) is 0 Å². The van der Waals surface area contributed by atoms with Crippen LogP contribution in [0.15, 0.2) is 13.6 Å². The topological polar surface area (TPSA) is 0 Å². The Bertz CT molecular complexity index is 768. The van der Waals surface area contributed by atoms with E-state index < -0.39 is 51.9 Å². The first-order valence-electron chi connectivity index (χ1n) is 5.19. The molecule has 2 aromatic rings. The van der Waals surface area contributed by atoms with Gasteiger partial charge >= 0.3 is 0 Å². The molecule has 0 nitrogen and oxygen atoms in total. The van der Waals surface area contributed by atoms with Gasteiger partial charge in [0.05, 0.1) is 13.1 Å². The van der Waals surface area contributed by atoms with Crippen LogP contribution in [0.2, 0.25) is 0 Å². The fourth-order valence-corrected chi connectivity index (χ4v) is 4.30. The van der Waals surface area contributed by atoms with E-state index in [1.807, 2.05) is 0 Å². The van der Waals surface area contributed by atoms with Gasteiger partial charge < -0.3 is 0 Å². The van der Waals surface area contributed by atoms with E-state index >= 15 is 0 Å². The zero-order valence-electron chi connectivity index (χ0n) is 9.89. The number of benzene rings is 1. The standard InChI is InChI=1S/C12HBr2F7S/c13-3-1-2(12(14)22-3)5(15)6(16)4-7(17)9(19)11(21)10(20)8(4)18/h1H. The minimum atomic E-state index is -2.45. The SMILES string of the molecule is FC(=C(F)c1c(F)c(F)c(F)c(F)c1F)c1cc(Br)sc1Br. The number of hydrogen-bond donors (Lipinski definition) is 0. The minimum absolute atomic E-state index is 0.0656. The van der Waals surface area contributed by atoms with Crippen LogP contribution >= 0.6 is 43.2 Å². The molecule has 1 heterocycles. The molecular formula is C12HBr2F7S. The molecule has 0 unspecified atom stereocenters. The molecule has 0 N–H and O–H groups in total. The van der Waals surface area contributed by atoms with Gasteiger partial charge in [-0.15, -0.1) is 11.3 Å². The predicted octanol–water partition coefficient (Wildman–Crippen LogP) is 6.73. The summed E-state index contributed by atoms with van der Waals surface area (Å²) < 4.78 is 94.2. The summed E-state index contributed by atoms with van der Waals surface area (Å²) in [7, 11) is 0. The zero-order valence-corrected chi connectivity index (χ0v) is 13.9. The van der Waals surface area contributed by atoms with E-state index in [2.05, 4.69) is 31.9 Å². The highest BCUT2D eigenvalue weighted by molar-refractivity contribution is 9.12. The summed E-state index contributed by atoms with van der Waals surface area (Å²) in [6, 6.07) is 1.08. The van der Waals surface area contributed by atoms with Crippen molar-refractivity contribution in [2.24, 2.45) is 0 Å². The van der Waals surface area contributed by atoms with E-state index in [0.29, 0.717) is 3.79 Å². The largest absolute Gasteiger partial charge is 0.203 e. The maximum Gasteiger partial charge on any atom is 0.200 e. The number of thiophene rings is 1.